The molecular formula is C19H19N. The van der Waals surface area contributed by atoms with Gasteiger partial charge < -0.3 is 5.73 Å². The minimum Gasteiger partial charge on any atom is -0.320 e. The van der Waals surface area contributed by atoms with Crippen molar-refractivity contribution in [3.8, 4) is 0 Å². The average Bonchev–Trinajstić information content (AvgIpc) is 2.49. The predicted octanol–water partition coefficient (Wildman–Crippen LogP) is 4.50. The molecule has 20 heavy (non-hydrogen) atoms. The molecule has 0 fully saturated rings. The Morgan fingerprint density at radius 1 is 0.800 bits per heavy atom. The summed E-state index contributed by atoms with van der Waals surface area (Å²) in [5.41, 5.74) is 11.5. The van der Waals surface area contributed by atoms with Gasteiger partial charge in [-0.1, -0.05) is 60.7 Å². The van der Waals surface area contributed by atoms with E-state index in [0.29, 0.717) is 0 Å². The molecule has 1 heteroatoms. The third kappa shape index (κ3) is 2.21. The molecule has 3 rings (SSSR count). The van der Waals surface area contributed by atoms with Crippen molar-refractivity contribution < 1.29 is 0 Å². The average molecular weight is 261 g/mol. The lowest BCUT2D eigenvalue weighted by Crippen LogP contribution is -2.12. The second kappa shape index (κ2) is 5.10. The van der Waals surface area contributed by atoms with Crippen molar-refractivity contribution in [2.24, 2.45) is 5.73 Å². The standard InChI is InChI=1S/C19H19N/c1-13-10-11-16(12-14(13)2)19(20)18-9-5-7-15-6-3-4-8-17(15)18/h3-12,19H,20H2,1-2H3. The highest BCUT2D eigenvalue weighted by Crippen LogP contribution is 2.28. The molecule has 0 spiro atoms. The quantitative estimate of drug-likeness (QED) is 0.722. The molecule has 1 nitrogen and oxygen atoms in total. The molecule has 100 valence electrons. The Hall–Kier alpha value is -2.12. The van der Waals surface area contributed by atoms with E-state index in [4.69, 9.17) is 5.73 Å². The monoisotopic (exact) mass is 261 g/mol. The molecule has 0 aromatic heterocycles. The summed E-state index contributed by atoms with van der Waals surface area (Å²) in [4.78, 5) is 0. The van der Waals surface area contributed by atoms with Crippen molar-refractivity contribution in [2.45, 2.75) is 19.9 Å². The first-order chi connectivity index (χ1) is 9.66. The fourth-order valence-corrected chi connectivity index (χ4v) is 2.66. The maximum Gasteiger partial charge on any atom is 0.0557 e. The zero-order valence-electron chi connectivity index (χ0n) is 11.9. The molecule has 0 amide bonds. The molecule has 0 aliphatic rings. The Balaban J connectivity index is 2.12. The molecule has 0 bridgehead atoms. The highest BCUT2D eigenvalue weighted by Gasteiger charge is 2.12. The molecule has 0 heterocycles. The third-order valence-corrected chi connectivity index (χ3v) is 4.05. The predicted molar refractivity (Wildman–Crippen MR) is 85.9 cm³/mol. The van der Waals surface area contributed by atoms with Gasteiger partial charge in [-0.05, 0) is 46.9 Å². The van der Waals surface area contributed by atoms with E-state index in [9.17, 15) is 0 Å². The maximum atomic E-state index is 6.50. The van der Waals surface area contributed by atoms with Crippen LogP contribution < -0.4 is 5.73 Å². The van der Waals surface area contributed by atoms with E-state index in [2.05, 4.69) is 74.5 Å². The molecule has 1 atom stereocenters. The van der Waals surface area contributed by atoms with Crippen molar-refractivity contribution in [2.75, 3.05) is 0 Å². The normalized spacial score (nSPS) is 12.6. The van der Waals surface area contributed by atoms with Gasteiger partial charge in [-0.25, -0.2) is 0 Å². The van der Waals surface area contributed by atoms with Gasteiger partial charge in [0, 0.05) is 0 Å². The van der Waals surface area contributed by atoms with Crippen LogP contribution in [0.2, 0.25) is 0 Å². The van der Waals surface area contributed by atoms with Crippen molar-refractivity contribution in [3.05, 3.63) is 82.9 Å². The molecule has 3 aromatic rings. The van der Waals surface area contributed by atoms with Gasteiger partial charge in [0.05, 0.1) is 6.04 Å². The summed E-state index contributed by atoms with van der Waals surface area (Å²) in [5.74, 6) is 0. The Morgan fingerprint density at radius 3 is 2.35 bits per heavy atom. The van der Waals surface area contributed by atoms with Gasteiger partial charge in [-0.15, -0.1) is 0 Å². The smallest absolute Gasteiger partial charge is 0.0557 e. The van der Waals surface area contributed by atoms with Crippen molar-refractivity contribution in [3.63, 3.8) is 0 Å². The van der Waals surface area contributed by atoms with Gasteiger partial charge in [-0.2, -0.15) is 0 Å². The van der Waals surface area contributed by atoms with E-state index in [1.54, 1.807) is 0 Å². The number of nitrogens with two attached hydrogens (primary N) is 1. The van der Waals surface area contributed by atoms with Crippen LogP contribution in [0.3, 0.4) is 0 Å². The molecule has 0 aliphatic heterocycles. The first-order valence-electron chi connectivity index (χ1n) is 6.97. The Morgan fingerprint density at radius 2 is 1.55 bits per heavy atom. The summed E-state index contributed by atoms with van der Waals surface area (Å²) in [7, 11) is 0. The fraction of sp³-hybridized carbons (Fsp3) is 0.158. The minimum atomic E-state index is -0.0830. The van der Waals surface area contributed by atoms with Crippen LogP contribution in [0.15, 0.2) is 60.7 Å². The van der Waals surface area contributed by atoms with Crippen LogP contribution >= 0.6 is 0 Å². The number of rotatable bonds is 2. The molecule has 2 N–H and O–H groups in total. The van der Waals surface area contributed by atoms with Crippen LogP contribution in [0.1, 0.15) is 28.3 Å². The summed E-state index contributed by atoms with van der Waals surface area (Å²) in [6.45, 7) is 4.26. The molecule has 0 aliphatic carbocycles. The third-order valence-electron chi connectivity index (χ3n) is 4.05. The van der Waals surface area contributed by atoms with Gasteiger partial charge >= 0.3 is 0 Å². The van der Waals surface area contributed by atoms with E-state index in [1.807, 2.05) is 0 Å². The van der Waals surface area contributed by atoms with Crippen molar-refractivity contribution in [1.29, 1.82) is 0 Å². The summed E-state index contributed by atoms with van der Waals surface area (Å²) in [6, 6.07) is 21.1. The van der Waals surface area contributed by atoms with Gasteiger partial charge in [0.15, 0.2) is 0 Å². The van der Waals surface area contributed by atoms with Gasteiger partial charge in [0.2, 0.25) is 0 Å². The van der Waals surface area contributed by atoms with Crippen LogP contribution in [0.5, 0.6) is 0 Å². The Labute approximate surface area is 120 Å². The molecule has 1 unspecified atom stereocenters. The van der Waals surface area contributed by atoms with Crippen LogP contribution in [-0.4, -0.2) is 0 Å². The second-order valence-corrected chi connectivity index (χ2v) is 5.39. The summed E-state index contributed by atoms with van der Waals surface area (Å²) < 4.78 is 0. The highest BCUT2D eigenvalue weighted by molar-refractivity contribution is 5.86. The largest absolute Gasteiger partial charge is 0.320 e. The first kappa shape index (κ1) is 12.9. The molecule has 0 saturated carbocycles. The molecule has 3 aromatic carbocycles. The Bertz CT molecular complexity index is 753. The van der Waals surface area contributed by atoms with Crippen LogP contribution in [-0.2, 0) is 0 Å². The zero-order valence-corrected chi connectivity index (χ0v) is 11.9. The molecular weight excluding hydrogens is 242 g/mol. The lowest BCUT2D eigenvalue weighted by Gasteiger charge is -2.16. The first-order valence-corrected chi connectivity index (χ1v) is 6.97. The number of benzene rings is 3. The number of aryl methyl sites for hydroxylation is 2. The fourth-order valence-electron chi connectivity index (χ4n) is 2.66. The zero-order chi connectivity index (χ0) is 14.1. The maximum absolute atomic E-state index is 6.50. The van der Waals surface area contributed by atoms with Gasteiger partial charge in [0.1, 0.15) is 0 Å². The van der Waals surface area contributed by atoms with Gasteiger partial charge in [0.25, 0.3) is 0 Å². The van der Waals surface area contributed by atoms with Crippen molar-refractivity contribution in [1.82, 2.24) is 0 Å². The van der Waals surface area contributed by atoms with Crippen molar-refractivity contribution >= 4 is 10.8 Å². The number of hydrogen-bond acceptors (Lipinski definition) is 1. The Kier molecular flexibility index (Phi) is 3.29. The SMILES string of the molecule is Cc1ccc(C(N)c2cccc3ccccc23)cc1C. The summed E-state index contributed by atoms with van der Waals surface area (Å²) in [6.07, 6.45) is 0. The van der Waals surface area contributed by atoms with E-state index >= 15 is 0 Å². The van der Waals surface area contributed by atoms with E-state index < -0.39 is 0 Å². The van der Waals surface area contributed by atoms with Crippen LogP contribution in [0, 0.1) is 13.8 Å². The summed E-state index contributed by atoms with van der Waals surface area (Å²) in [5, 5.41) is 2.48. The number of hydrogen-bond donors (Lipinski definition) is 1. The topological polar surface area (TPSA) is 26.0 Å². The van der Waals surface area contributed by atoms with Crippen LogP contribution in [0.4, 0.5) is 0 Å². The van der Waals surface area contributed by atoms with E-state index in [0.717, 1.165) is 0 Å². The van der Waals surface area contributed by atoms with E-state index in [-0.39, 0.29) is 6.04 Å². The number of fused-ring (bicyclic) bond motifs is 1. The lowest BCUT2D eigenvalue weighted by molar-refractivity contribution is 0.878. The molecule has 0 saturated heterocycles. The second-order valence-electron chi connectivity index (χ2n) is 5.39. The minimum absolute atomic E-state index is 0.0830. The summed E-state index contributed by atoms with van der Waals surface area (Å²) >= 11 is 0. The van der Waals surface area contributed by atoms with Gasteiger partial charge in [-0.3, -0.25) is 0 Å². The highest BCUT2D eigenvalue weighted by atomic mass is 14.6. The lowest BCUT2D eigenvalue weighted by atomic mass is 9.93. The molecule has 0 radical (unpaired) electrons. The van der Waals surface area contributed by atoms with Crippen LogP contribution in [0.25, 0.3) is 10.8 Å². The van der Waals surface area contributed by atoms with E-state index in [1.165, 1.54) is 33.0 Å².